The van der Waals surface area contributed by atoms with Gasteiger partial charge in [0.15, 0.2) is 12.6 Å². The summed E-state index contributed by atoms with van der Waals surface area (Å²) in [4.78, 5) is 28.8. The predicted octanol–water partition coefficient (Wildman–Crippen LogP) is 4.55. The first kappa shape index (κ1) is 24.3. The molecular weight excluding hydrogens is 428 g/mol. The minimum absolute atomic E-state index is 0.133. The van der Waals surface area contributed by atoms with Crippen LogP contribution in [0.4, 0.5) is 5.69 Å². The van der Waals surface area contributed by atoms with Crippen LogP contribution in [0.3, 0.4) is 0 Å². The number of hydrogen-bond donors (Lipinski definition) is 0. The van der Waals surface area contributed by atoms with E-state index in [0.717, 1.165) is 73.3 Å². The van der Waals surface area contributed by atoms with E-state index >= 15 is 0 Å². The SMILES string of the molecule is COc1cc(C)c(N2CCC([N+]3(CC(=O)OCc4ccccc4)CCCCCC3)C2=O)c(C)c1. The number of esters is 1. The zero-order valence-corrected chi connectivity index (χ0v) is 20.7. The largest absolute Gasteiger partial charge is 0.497 e. The van der Waals surface area contributed by atoms with Crippen molar-refractivity contribution in [1.29, 1.82) is 0 Å². The highest BCUT2D eigenvalue weighted by molar-refractivity contribution is 6.00. The lowest BCUT2D eigenvalue weighted by Gasteiger charge is -2.41. The predicted molar refractivity (Wildman–Crippen MR) is 133 cm³/mol. The molecule has 2 aromatic rings. The number of anilines is 1. The quantitative estimate of drug-likeness (QED) is 0.445. The number of amides is 1. The zero-order chi connectivity index (χ0) is 24.1. The number of carbonyl (C=O) groups is 2. The van der Waals surface area contributed by atoms with Gasteiger partial charge in [-0.05, 0) is 68.4 Å². The molecule has 2 saturated heterocycles. The molecule has 2 fully saturated rings. The Morgan fingerprint density at radius 3 is 2.29 bits per heavy atom. The van der Waals surface area contributed by atoms with E-state index in [1.165, 1.54) is 0 Å². The van der Waals surface area contributed by atoms with Crippen LogP contribution in [0.25, 0.3) is 0 Å². The maximum Gasteiger partial charge on any atom is 0.362 e. The molecule has 1 amide bonds. The lowest BCUT2D eigenvalue weighted by molar-refractivity contribution is -0.934. The summed E-state index contributed by atoms with van der Waals surface area (Å²) in [5, 5.41) is 0. The Bertz CT molecular complexity index is 989. The van der Waals surface area contributed by atoms with Crippen molar-refractivity contribution in [2.24, 2.45) is 0 Å². The second-order valence-electron chi connectivity index (χ2n) is 9.79. The molecule has 0 spiro atoms. The van der Waals surface area contributed by atoms with Gasteiger partial charge in [0.1, 0.15) is 12.4 Å². The molecule has 4 rings (SSSR count). The normalized spacial score (nSPS) is 20.1. The summed E-state index contributed by atoms with van der Waals surface area (Å²) in [6.45, 7) is 6.98. The lowest BCUT2D eigenvalue weighted by atomic mass is 10.1. The smallest absolute Gasteiger partial charge is 0.362 e. The Morgan fingerprint density at radius 2 is 1.68 bits per heavy atom. The Labute approximate surface area is 203 Å². The number of methoxy groups -OCH3 is 1. The van der Waals surface area contributed by atoms with Crippen LogP contribution in [0.5, 0.6) is 5.75 Å². The molecule has 2 aliphatic heterocycles. The summed E-state index contributed by atoms with van der Waals surface area (Å²) in [6, 6.07) is 13.5. The van der Waals surface area contributed by atoms with E-state index in [1.54, 1.807) is 7.11 Å². The van der Waals surface area contributed by atoms with Gasteiger partial charge in [-0.15, -0.1) is 0 Å². The van der Waals surface area contributed by atoms with E-state index in [0.29, 0.717) is 11.0 Å². The fraction of sp³-hybridized carbons (Fsp3) is 0.500. The fourth-order valence-electron chi connectivity index (χ4n) is 5.79. The van der Waals surface area contributed by atoms with E-state index in [-0.39, 0.29) is 31.1 Å². The van der Waals surface area contributed by atoms with Gasteiger partial charge in [0, 0.05) is 18.7 Å². The molecule has 2 heterocycles. The summed E-state index contributed by atoms with van der Waals surface area (Å²) in [7, 11) is 1.66. The van der Waals surface area contributed by atoms with Gasteiger partial charge in [0.25, 0.3) is 5.91 Å². The highest BCUT2D eigenvalue weighted by Gasteiger charge is 2.49. The van der Waals surface area contributed by atoms with Crippen molar-refractivity contribution in [3.8, 4) is 5.75 Å². The molecule has 0 aromatic heterocycles. The molecule has 0 N–H and O–H groups in total. The van der Waals surface area contributed by atoms with Crippen molar-refractivity contribution in [2.45, 2.75) is 58.6 Å². The molecule has 2 aliphatic rings. The van der Waals surface area contributed by atoms with Gasteiger partial charge in [0.2, 0.25) is 0 Å². The molecule has 0 radical (unpaired) electrons. The number of hydrogen-bond acceptors (Lipinski definition) is 4. The first-order valence-electron chi connectivity index (χ1n) is 12.5. The van der Waals surface area contributed by atoms with Crippen molar-refractivity contribution in [3.05, 3.63) is 59.2 Å². The lowest BCUT2D eigenvalue weighted by Crippen LogP contribution is -2.61. The van der Waals surface area contributed by atoms with Gasteiger partial charge in [-0.25, -0.2) is 4.79 Å². The van der Waals surface area contributed by atoms with Crippen LogP contribution in [0.2, 0.25) is 0 Å². The van der Waals surface area contributed by atoms with Crippen molar-refractivity contribution >= 4 is 17.6 Å². The first-order chi connectivity index (χ1) is 16.4. The van der Waals surface area contributed by atoms with Gasteiger partial charge >= 0.3 is 5.97 Å². The summed E-state index contributed by atoms with van der Waals surface area (Å²) in [5.41, 5.74) is 4.03. The Morgan fingerprint density at radius 1 is 1.03 bits per heavy atom. The minimum atomic E-state index is -0.214. The maximum absolute atomic E-state index is 13.9. The zero-order valence-electron chi connectivity index (χ0n) is 20.7. The minimum Gasteiger partial charge on any atom is -0.497 e. The van der Waals surface area contributed by atoms with Crippen molar-refractivity contribution < 1.29 is 23.5 Å². The van der Waals surface area contributed by atoms with E-state index in [4.69, 9.17) is 9.47 Å². The van der Waals surface area contributed by atoms with Crippen LogP contribution in [0.15, 0.2) is 42.5 Å². The van der Waals surface area contributed by atoms with Gasteiger partial charge in [-0.2, -0.15) is 0 Å². The number of carbonyl (C=O) groups excluding carboxylic acids is 2. The Balaban J connectivity index is 1.54. The molecule has 182 valence electrons. The van der Waals surface area contributed by atoms with Crippen LogP contribution < -0.4 is 9.64 Å². The molecule has 34 heavy (non-hydrogen) atoms. The number of ether oxygens (including phenoxy) is 2. The molecule has 6 nitrogen and oxygen atoms in total. The standard InChI is InChI=1S/C28H37N2O4/c1-21-17-24(33-3)18-22(2)27(21)29-14-13-25(28(29)32)30(15-9-4-5-10-16-30)19-26(31)34-20-23-11-7-6-8-12-23/h6-8,11-12,17-18,25H,4-5,9-10,13-16,19-20H2,1-3H3/q+1. The van der Waals surface area contributed by atoms with Crippen LogP contribution >= 0.6 is 0 Å². The fourth-order valence-corrected chi connectivity index (χ4v) is 5.79. The number of quaternary nitrogens is 1. The number of likely N-dealkylation sites (tertiary alicyclic amines) is 1. The van der Waals surface area contributed by atoms with E-state index in [9.17, 15) is 9.59 Å². The highest BCUT2D eigenvalue weighted by Crippen LogP contribution is 2.36. The third-order valence-corrected chi connectivity index (χ3v) is 7.45. The van der Waals surface area contributed by atoms with Crippen LogP contribution in [-0.4, -0.2) is 55.7 Å². The van der Waals surface area contributed by atoms with Crippen LogP contribution in [0, 0.1) is 13.8 Å². The summed E-state index contributed by atoms with van der Waals surface area (Å²) < 4.78 is 11.6. The third kappa shape index (κ3) is 5.12. The van der Waals surface area contributed by atoms with E-state index < -0.39 is 0 Å². The third-order valence-electron chi connectivity index (χ3n) is 7.45. The molecule has 0 saturated carbocycles. The molecule has 6 heteroatoms. The van der Waals surface area contributed by atoms with Gasteiger partial charge < -0.3 is 18.9 Å². The van der Waals surface area contributed by atoms with Crippen LogP contribution in [0.1, 0.15) is 48.8 Å². The highest BCUT2D eigenvalue weighted by atomic mass is 16.5. The number of aryl methyl sites for hydroxylation is 2. The second-order valence-corrected chi connectivity index (χ2v) is 9.79. The monoisotopic (exact) mass is 465 g/mol. The maximum atomic E-state index is 13.9. The van der Waals surface area contributed by atoms with E-state index in [2.05, 4.69) is 0 Å². The molecular formula is C28H37N2O4+. The Hall–Kier alpha value is -2.86. The molecule has 1 atom stereocenters. The summed E-state index contributed by atoms with van der Waals surface area (Å²) in [6.07, 6.45) is 5.14. The summed E-state index contributed by atoms with van der Waals surface area (Å²) in [5.74, 6) is 0.724. The topological polar surface area (TPSA) is 55.8 Å². The molecule has 2 aromatic carbocycles. The number of nitrogens with zero attached hydrogens (tertiary/aromatic N) is 2. The van der Waals surface area contributed by atoms with Crippen LogP contribution in [-0.2, 0) is 20.9 Å². The average Bonchev–Trinajstić information content (AvgIpc) is 3.05. The van der Waals surface area contributed by atoms with Crippen molar-refractivity contribution in [1.82, 2.24) is 0 Å². The molecule has 0 aliphatic carbocycles. The Kier molecular flexibility index (Phi) is 7.57. The van der Waals surface area contributed by atoms with Gasteiger partial charge in [-0.1, -0.05) is 30.3 Å². The van der Waals surface area contributed by atoms with Crippen molar-refractivity contribution in [3.63, 3.8) is 0 Å². The molecule has 1 unspecified atom stereocenters. The van der Waals surface area contributed by atoms with Gasteiger partial charge in [-0.3, -0.25) is 4.79 Å². The first-order valence-corrected chi connectivity index (χ1v) is 12.5. The number of rotatable bonds is 7. The second kappa shape index (κ2) is 10.6. The molecule has 0 bridgehead atoms. The number of benzene rings is 2. The summed E-state index contributed by atoms with van der Waals surface area (Å²) >= 11 is 0. The average molecular weight is 466 g/mol. The van der Waals surface area contributed by atoms with Crippen molar-refractivity contribution in [2.75, 3.05) is 38.2 Å². The van der Waals surface area contributed by atoms with E-state index in [1.807, 2.05) is 61.2 Å². The van der Waals surface area contributed by atoms with Gasteiger partial charge in [0.05, 0.1) is 20.2 Å².